The average Bonchev–Trinajstić information content (AvgIpc) is 2.54. The largest absolute Gasteiger partial charge is 0.497 e. The third-order valence-corrected chi connectivity index (χ3v) is 2.97. The molecule has 21 heavy (non-hydrogen) atoms. The molecule has 0 aliphatic rings. The third-order valence-electron chi connectivity index (χ3n) is 2.97. The van der Waals surface area contributed by atoms with Crippen LogP contribution in [0.2, 0.25) is 0 Å². The van der Waals surface area contributed by atoms with Crippen molar-refractivity contribution in [3.63, 3.8) is 0 Å². The van der Waals surface area contributed by atoms with Gasteiger partial charge in [0.05, 0.1) is 13.7 Å². The first-order valence-corrected chi connectivity index (χ1v) is 6.82. The summed E-state index contributed by atoms with van der Waals surface area (Å²) in [4.78, 5) is 12.1. The van der Waals surface area contributed by atoms with Gasteiger partial charge >= 0.3 is 0 Å². The van der Waals surface area contributed by atoms with E-state index in [1.807, 2.05) is 37.3 Å². The predicted octanol–water partition coefficient (Wildman–Crippen LogP) is 3.99. The van der Waals surface area contributed by atoms with Gasteiger partial charge in [0.2, 0.25) is 0 Å². The fourth-order valence-electron chi connectivity index (χ4n) is 1.89. The average molecular weight is 282 g/mol. The van der Waals surface area contributed by atoms with E-state index in [1.54, 1.807) is 37.5 Å². The van der Waals surface area contributed by atoms with Crippen molar-refractivity contribution in [1.29, 1.82) is 0 Å². The number of benzene rings is 2. The minimum absolute atomic E-state index is 0.0530. The Labute approximate surface area is 124 Å². The highest BCUT2D eigenvalue weighted by molar-refractivity contribution is 6.07. The van der Waals surface area contributed by atoms with Crippen molar-refractivity contribution in [1.82, 2.24) is 0 Å². The number of ketones is 1. The van der Waals surface area contributed by atoms with Gasteiger partial charge in [-0.05, 0) is 42.8 Å². The highest BCUT2D eigenvalue weighted by Gasteiger charge is 2.02. The van der Waals surface area contributed by atoms with Crippen LogP contribution in [0.4, 0.5) is 0 Å². The molecule has 0 N–H and O–H groups in total. The van der Waals surface area contributed by atoms with Gasteiger partial charge in [0.25, 0.3) is 0 Å². The smallest absolute Gasteiger partial charge is 0.185 e. The second-order valence-corrected chi connectivity index (χ2v) is 4.43. The highest BCUT2D eigenvalue weighted by atomic mass is 16.5. The molecule has 0 radical (unpaired) electrons. The molecule has 0 fully saturated rings. The maximum Gasteiger partial charge on any atom is 0.185 e. The molecular weight excluding hydrogens is 264 g/mol. The van der Waals surface area contributed by atoms with E-state index < -0.39 is 0 Å². The fourth-order valence-corrected chi connectivity index (χ4v) is 1.89. The minimum atomic E-state index is -0.0530. The normalized spacial score (nSPS) is 10.6. The van der Waals surface area contributed by atoms with Crippen molar-refractivity contribution < 1.29 is 14.3 Å². The van der Waals surface area contributed by atoms with Crippen LogP contribution in [0.1, 0.15) is 22.8 Å². The molecule has 0 bridgehead atoms. The number of rotatable bonds is 6. The van der Waals surface area contributed by atoms with Gasteiger partial charge in [-0.2, -0.15) is 0 Å². The maximum absolute atomic E-state index is 12.1. The summed E-state index contributed by atoms with van der Waals surface area (Å²) in [5.41, 5.74) is 1.56. The predicted molar refractivity (Wildman–Crippen MR) is 84.0 cm³/mol. The lowest BCUT2D eigenvalue weighted by molar-refractivity contribution is 0.104. The molecule has 0 heterocycles. The molecule has 0 amide bonds. The summed E-state index contributed by atoms with van der Waals surface area (Å²) >= 11 is 0. The summed E-state index contributed by atoms with van der Waals surface area (Å²) < 4.78 is 10.5. The van der Waals surface area contributed by atoms with Crippen LogP contribution < -0.4 is 9.47 Å². The second kappa shape index (κ2) is 7.29. The van der Waals surface area contributed by atoms with Crippen molar-refractivity contribution in [3.8, 4) is 11.5 Å². The number of carbonyl (C=O) groups excluding carboxylic acids is 1. The topological polar surface area (TPSA) is 35.5 Å². The first-order chi connectivity index (χ1) is 10.2. The summed E-state index contributed by atoms with van der Waals surface area (Å²) in [6.45, 7) is 2.59. The zero-order valence-corrected chi connectivity index (χ0v) is 12.2. The Kier molecular flexibility index (Phi) is 5.16. The molecule has 0 atom stereocenters. The van der Waals surface area contributed by atoms with Crippen LogP contribution in [-0.4, -0.2) is 19.5 Å². The quantitative estimate of drug-likeness (QED) is 0.593. The van der Waals surface area contributed by atoms with Crippen LogP contribution in [0.5, 0.6) is 11.5 Å². The van der Waals surface area contributed by atoms with Gasteiger partial charge in [0.1, 0.15) is 11.5 Å². The van der Waals surface area contributed by atoms with Gasteiger partial charge < -0.3 is 9.47 Å². The molecule has 0 aliphatic carbocycles. The summed E-state index contributed by atoms with van der Waals surface area (Å²) in [5, 5.41) is 0. The Hall–Kier alpha value is -2.55. The number of carbonyl (C=O) groups is 1. The first-order valence-electron chi connectivity index (χ1n) is 6.82. The fraction of sp³-hybridized carbons (Fsp3) is 0.167. The molecule has 0 unspecified atom stereocenters. The summed E-state index contributed by atoms with van der Waals surface area (Å²) in [6.07, 6.45) is 3.35. The summed E-state index contributed by atoms with van der Waals surface area (Å²) in [7, 11) is 1.58. The Morgan fingerprint density at radius 2 is 1.86 bits per heavy atom. The van der Waals surface area contributed by atoms with Crippen molar-refractivity contribution in [2.24, 2.45) is 0 Å². The maximum atomic E-state index is 12.1. The molecule has 3 heteroatoms. The molecule has 3 nitrogen and oxygen atoms in total. The van der Waals surface area contributed by atoms with Crippen molar-refractivity contribution in [2.75, 3.05) is 13.7 Å². The van der Waals surface area contributed by atoms with Crippen molar-refractivity contribution in [3.05, 3.63) is 65.7 Å². The van der Waals surface area contributed by atoms with Gasteiger partial charge in [0, 0.05) is 5.56 Å². The van der Waals surface area contributed by atoms with Gasteiger partial charge in [-0.15, -0.1) is 0 Å². The Morgan fingerprint density at radius 3 is 2.52 bits per heavy atom. The molecular formula is C18H18O3. The van der Waals surface area contributed by atoms with E-state index in [4.69, 9.17) is 9.47 Å². The molecule has 108 valence electrons. The van der Waals surface area contributed by atoms with Gasteiger partial charge in [0.15, 0.2) is 5.78 Å². The monoisotopic (exact) mass is 282 g/mol. The highest BCUT2D eigenvalue weighted by Crippen LogP contribution is 2.15. The van der Waals surface area contributed by atoms with Crippen LogP contribution in [0.25, 0.3) is 6.08 Å². The number of allylic oxidation sites excluding steroid dienone is 1. The number of hydrogen-bond donors (Lipinski definition) is 0. The van der Waals surface area contributed by atoms with Crippen LogP contribution in [0.15, 0.2) is 54.6 Å². The molecule has 2 rings (SSSR count). The first kappa shape index (κ1) is 14.9. The van der Waals surface area contributed by atoms with Crippen LogP contribution in [0.3, 0.4) is 0 Å². The van der Waals surface area contributed by atoms with E-state index in [0.717, 1.165) is 11.3 Å². The lowest BCUT2D eigenvalue weighted by Gasteiger charge is -2.02. The number of hydrogen-bond acceptors (Lipinski definition) is 3. The molecule has 0 aliphatic heterocycles. The molecule has 0 aromatic heterocycles. The third kappa shape index (κ3) is 4.21. The molecule has 2 aromatic rings. The number of methoxy groups -OCH3 is 1. The van der Waals surface area contributed by atoms with E-state index in [9.17, 15) is 4.79 Å². The molecule has 2 aromatic carbocycles. The van der Waals surface area contributed by atoms with Crippen molar-refractivity contribution >= 4 is 11.9 Å². The Morgan fingerprint density at radius 1 is 1.10 bits per heavy atom. The lowest BCUT2D eigenvalue weighted by atomic mass is 10.1. The summed E-state index contributed by atoms with van der Waals surface area (Å²) in [6, 6.07) is 14.7. The zero-order valence-electron chi connectivity index (χ0n) is 12.2. The van der Waals surface area contributed by atoms with Crippen LogP contribution in [-0.2, 0) is 0 Å². The SMILES string of the molecule is CCOc1ccc(C=CC(=O)c2cccc(OC)c2)cc1. The minimum Gasteiger partial charge on any atom is -0.497 e. The lowest BCUT2D eigenvalue weighted by Crippen LogP contribution is -1.95. The summed E-state index contributed by atoms with van der Waals surface area (Å²) in [5.74, 6) is 1.45. The molecule has 0 saturated carbocycles. The van der Waals surface area contributed by atoms with Crippen LogP contribution in [0, 0.1) is 0 Å². The van der Waals surface area contributed by atoms with E-state index in [-0.39, 0.29) is 5.78 Å². The van der Waals surface area contributed by atoms with E-state index in [2.05, 4.69) is 0 Å². The van der Waals surface area contributed by atoms with Crippen molar-refractivity contribution in [2.45, 2.75) is 6.92 Å². The van der Waals surface area contributed by atoms with Gasteiger partial charge in [-0.3, -0.25) is 4.79 Å². The Balaban J connectivity index is 2.07. The van der Waals surface area contributed by atoms with Gasteiger partial charge in [-0.1, -0.05) is 30.3 Å². The van der Waals surface area contributed by atoms with Crippen LogP contribution >= 0.6 is 0 Å². The zero-order chi connectivity index (χ0) is 15.1. The molecule has 0 spiro atoms. The van der Waals surface area contributed by atoms with E-state index in [1.165, 1.54) is 0 Å². The standard InChI is InChI=1S/C18H18O3/c1-3-21-16-10-7-14(8-11-16)9-12-18(19)15-5-4-6-17(13-15)20-2/h4-13H,3H2,1-2H3. The number of ether oxygens (including phenoxy) is 2. The molecule has 0 saturated heterocycles. The van der Waals surface area contributed by atoms with Gasteiger partial charge in [-0.25, -0.2) is 0 Å². The second-order valence-electron chi connectivity index (χ2n) is 4.43. The van der Waals surface area contributed by atoms with E-state index >= 15 is 0 Å². The van der Waals surface area contributed by atoms with E-state index in [0.29, 0.717) is 17.9 Å². The Bertz CT molecular complexity index is 627.